The molecule has 0 saturated carbocycles. The van der Waals surface area contributed by atoms with Gasteiger partial charge in [0.15, 0.2) is 0 Å². The zero-order valence-electron chi connectivity index (χ0n) is 16.2. The van der Waals surface area contributed by atoms with Crippen LogP contribution < -0.4 is 0 Å². The van der Waals surface area contributed by atoms with E-state index in [1.807, 2.05) is 27.7 Å². The highest BCUT2D eigenvalue weighted by Crippen LogP contribution is 2.31. The summed E-state index contributed by atoms with van der Waals surface area (Å²) in [5, 5.41) is 19.9. The molecule has 0 amide bonds. The first-order chi connectivity index (χ1) is 12.6. The van der Waals surface area contributed by atoms with E-state index < -0.39 is 11.7 Å². The molecule has 0 bridgehead atoms. The molecule has 1 aromatic carbocycles. The van der Waals surface area contributed by atoms with Crippen LogP contribution in [0.1, 0.15) is 46.1 Å². The Labute approximate surface area is 163 Å². The average molecular weight is 401 g/mol. The number of hydrogen-bond donors (Lipinski definition) is 2. The Morgan fingerprint density at radius 1 is 1.11 bits per heavy atom. The SMILES string of the molecule is CC\C(C)=C(C)/C(CO)=C(O)/C=C(\C)CCSc1ccc(C(F)(F)F)cc1. The molecule has 6 heteroatoms. The van der Waals surface area contributed by atoms with Gasteiger partial charge >= 0.3 is 6.18 Å². The molecule has 0 aromatic heterocycles. The summed E-state index contributed by atoms with van der Waals surface area (Å²) in [5.41, 5.74) is 2.79. The van der Waals surface area contributed by atoms with Gasteiger partial charge in [-0.05, 0) is 69.5 Å². The molecule has 150 valence electrons. The maximum absolute atomic E-state index is 12.6. The van der Waals surface area contributed by atoms with Gasteiger partial charge in [-0.15, -0.1) is 11.8 Å². The van der Waals surface area contributed by atoms with Crippen LogP contribution in [0.25, 0.3) is 0 Å². The van der Waals surface area contributed by atoms with Crippen molar-refractivity contribution in [1.29, 1.82) is 0 Å². The summed E-state index contributed by atoms with van der Waals surface area (Å²) >= 11 is 1.46. The molecule has 1 aromatic rings. The second-order valence-corrected chi connectivity index (χ2v) is 7.56. The van der Waals surface area contributed by atoms with Gasteiger partial charge < -0.3 is 10.2 Å². The molecule has 0 fully saturated rings. The Morgan fingerprint density at radius 2 is 1.70 bits per heavy atom. The number of aliphatic hydroxyl groups excluding tert-OH is 2. The second kappa shape index (κ2) is 10.6. The van der Waals surface area contributed by atoms with Gasteiger partial charge in [-0.2, -0.15) is 13.2 Å². The first kappa shape index (κ1) is 23.4. The molecular formula is C21H27F3O2S. The largest absolute Gasteiger partial charge is 0.508 e. The van der Waals surface area contributed by atoms with Crippen LogP contribution >= 0.6 is 11.8 Å². The van der Waals surface area contributed by atoms with Gasteiger partial charge in [-0.3, -0.25) is 0 Å². The first-order valence-corrected chi connectivity index (χ1v) is 9.75. The van der Waals surface area contributed by atoms with Gasteiger partial charge in [0.2, 0.25) is 0 Å². The van der Waals surface area contributed by atoms with Gasteiger partial charge in [0.05, 0.1) is 12.2 Å². The summed E-state index contributed by atoms with van der Waals surface area (Å²) in [6, 6.07) is 5.10. The number of halogens is 3. The lowest BCUT2D eigenvalue weighted by atomic mass is 9.99. The van der Waals surface area contributed by atoms with Crippen LogP contribution in [0.4, 0.5) is 13.2 Å². The first-order valence-electron chi connectivity index (χ1n) is 8.77. The molecule has 2 nitrogen and oxygen atoms in total. The van der Waals surface area contributed by atoms with Gasteiger partial charge in [0, 0.05) is 16.2 Å². The van der Waals surface area contributed by atoms with Crippen molar-refractivity contribution in [1.82, 2.24) is 0 Å². The Hall–Kier alpha value is -1.66. The van der Waals surface area contributed by atoms with E-state index in [1.165, 1.54) is 23.9 Å². The van der Waals surface area contributed by atoms with Crippen LogP contribution in [0.5, 0.6) is 0 Å². The average Bonchev–Trinajstić information content (AvgIpc) is 2.61. The van der Waals surface area contributed by atoms with Crippen molar-refractivity contribution in [2.75, 3.05) is 12.4 Å². The topological polar surface area (TPSA) is 40.5 Å². The van der Waals surface area contributed by atoms with E-state index in [1.54, 1.807) is 6.08 Å². The summed E-state index contributed by atoms with van der Waals surface area (Å²) in [4.78, 5) is 0.768. The van der Waals surface area contributed by atoms with E-state index in [2.05, 4.69) is 0 Å². The molecule has 1 rings (SSSR count). The lowest BCUT2D eigenvalue weighted by Crippen LogP contribution is -2.03. The molecule has 2 N–H and O–H groups in total. The predicted molar refractivity (Wildman–Crippen MR) is 106 cm³/mol. The maximum atomic E-state index is 12.6. The molecule has 0 saturated heterocycles. The molecule has 0 heterocycles. The van der Waals surface area contributed by atoms with E-state index in [-0.39, 0.29) is 12.4 Å². The van der Waals surface area contributed by atoms with Crippen LogP contribution in [-0.2, 0) is 6.18 Å². The molecule has 0 aliphatic rings. The summed E-state index contributed by atoms with van der Waals surface area (Å²) < 4.78 is 37.7. The van der Waals surface area contributed by atoms with Crippen molar-refractivity contribution < 1.29 is 23.4 Å². The van der Waals surface area contributed by atoms with E-state index in [9.17, 15) is 23.4 Å². The summed E-state index contributed by atoms with van der Waals surface area (Å²) in [6.45, 7) is 7.51. The molecular weight excluding hydrogens is 373 g/mol. The lowest BCUT2D eigenvalue weighted by Gasteiger charge is -2.11. The van der Waals surface area contributed by atoms with Gasteiger partial charge in [-0.25, -0.2) is 0 Å². The third-order valence-corrected chi connectivity index (χ3v) is 5.43. The van der Waals surface area contributed by atoms with E-state index >= 15 is 0 Å². The monoisotopic (exact) mass is 400 g/mol. The van der Waals surface area contributed by atoms with Crippen molar-refractivity contribution >= 4 is 11.8 Å². The molecule has 0 aliphatic heterocycles. The Kier molecular flexibility index (Phi) is 9.19. The summed E-state index contributed by atoms with van der Waals surface area (Å²) in [5.74, 6) is 0.734. The van der Waals surface area contributed by atoms with Crippen LogP contribution in [0, 0.1) is 0 Å². The van der Waals surface area contributed by atoms with Gasteiger partial charge in [0.25, 0.3) is 0 Å². The van der Waals surface area contributed by atoms with E-state index in [0.717, 1.165) is 40.2 Å². The van der Waals surface area contributed by atoms with Gasteiger partial charge in [-0.1, -0.05) is 18.1 Å². The van der Waals surface area contributed by atoms with E-state index in [4.69, 9.17) is 0 Å². The quantitative estimate of drug-likeness (QED) is 0.290. The van der Waals surface area contributed by atoms with Gasteiger partial charge in [0.1, 0.15) is 5.76 Å². The molecule has 0 aliphatic carbocycles. The minimum Gasteiger partial charge on any atom is -0.508 e. The zero-order valence-corrected chi connectivity index (χ0v) is 17.0. The molecule has 0 radical (unpaired) electrons. The van der Waals surface area contributed by atoms with Crippen LogP contribution in [0.3, 0.4) is 0 Å². The van der Waals surface area contributed by atoms with Crippen LogP contribution in [0.15, 0.2) is 63.3 Å². The Morgan fingerprint density at radius 3 is 2.19 bits per heavy atom. The number of benzene rings is 1. The standard InChI is InChI=1S/C21H27F3O2S/c1-5-15(3)16(4)19(13-25)20(26)12-14(2)10-11-27-18-8-6-17(7-9-18)21(22,23)24/h6-9,12,25-26H,5,10-11,13H2,1-4H3/b14-12+,16-15-,20-19-. The zero-order chi connectivity index (χ0) is 20.6. The van der Waals surface area contributed by atoms with Crippen molar-refractivity contribution in [2.45, 2.75) is 51.6 Å². The Bertz CT molecular complexity index is 714. The van der Waals surface area contributed by atoms with Crippen molar-refractivity contribution in [3.8, 4) is 0 Å². The van der Waals surface area contributed by atoms with Crippen LogP contribution in [-0.4, -0.2) is 22.6 Å². The molecule has 0 spiro atoms. The lowest BCUT2D eigenvalue weighted by molar-refractivity contribution is -0.137. The number of hydrogen-bond acceptors (Lipinski definition) is 3. The van der Waals surface area contributed by atoms with Crippen molar-refractivity contribution in [3.05, 3.63) is 64.0 Å². The smallest absolute Gasteiger partial charge is 0.416 e. The Balaban J connectivity index is 2.73. The number of thioether (sulfide) groups is 1. The van der Waals surface area contributed by atoms with Crippen LogP contribution in [0.2, 0.25) is 0 Å². The highest BCUT2D eigenvalue weighted by atomic mass is 32.2. The number of aliphatic hydroxyl groups is 2. The van der Waals surface area contributed by atoms with Crippen molar-refractivity contribution in [3.63, 3.8) is 0 Å². The third kappa shape index (κ3) is 7.46. The number of rotatable bonds is 8. The maximum Gasteiger partial charge on any atom is 0.416 e. The predicted octanol–water partition coefficient (Wildman–Crippen LogP) is 6.68. The fourth-order valence-electron chi connectivity index (χ4n) is 2.38. The molecule has 0 atom stereocenters. The van der Waals surface area contributed by atoms with E-state index in [0.29, 0.717) is 17.7 Å². The number of allylic oxidation sites excluding steroid dienone is 3. The third-order valence-electron chi connectivity index (χ3n) is 4.42. The summed E-state index contributed by atoms with van der Waals surface area (Å²) in [7, 11) is 0. The fourth-order valence-corrected chi connectivity index (χ4v) is 3.37. The number of alkyl halides is 3. The molecule has 0 unspecified atom stereocenters. The second-order valence-electron chi connectivity index (χ2n) is 6.39. The highest BCUT2D eigenvalue weighted by Gasteiger charge is 2.29. The fraction of sp³-hybridized carbons (Fsp3) is 0.429. The minimum absolute atomic E-state index is 0.0554. The van der Waals surface area contributed by atoms with Crippen molar-refractivity contribution in [2.24, 2.45) is 0 Å². The normalized spacial score (nSPS) is 14.7. The summed E-state index contributed by atoms with van der Waals surface area (Å²) in [6.07, 6.45) is -1.16. The molecule has 27 heavy (non-hydrogen) atoms. The highest BCUT2D eigenvalue weighted by molar-refractivity contribution is 7.99. The minimum atomic E-state index is -4.32.